The number of aryl methyl sites for hydroxylation is 1. The van der Waals surface area contributed by atoms with Crippen LogP contribution in [0.25, 0.3) is 11.4 Å². The Balaban J connectivity index is 1.62. The number of alkyl halides is 3. The van der Waals surface area contributed by atoms with Crippen molar-refractivity contribution in [1.82, 2.24) is 25.1 Å². The number of hydrogen-bond acceptors (Lipinski definition) is 5. The van der Waals surface area contributed by atoms with E-state index in [1.54, 1.807) is 32.3 Å². The van der Waals surface area contributed by atoms with E-state index in [0.717, 1.165) is 5.56 Å². The van der Waals surface area contributed by atoms with Crippen molar-refractivity contribution in [2.24, 2.45) is 7.05 Å². The number of halogens is 3. The second-order valence-electron chi connectivity index (χ2n) is 6.18. The van der Waals surface area contributed by atoms with Crippen molar-refractivity contribution in [3.8, 4) is 17.1 Å². The molecule has 0 aliphatic carbocycles. The number of hydrogen-bond donors (Lipinski definition) is 1. The summed E-state index contributed by atoms with van der Waals surface area (Å²) >= 11 is 0. The van der Waals surface area contributed by atoms with Crippen molar-refractivity contribution in [1.29, 1.82) is 0 Å². The summed E-state index contributed by atoms with van der Waals surface area (Å²) in [6.45, 7) is 0.199. The molecule has 8 nitrogen and oxygen atoms in total. The zero-order valence-corrected chi connectivity index (χ0v) is 15.5. The van der Waals surface area contributed by atoms with E-state index in [0.29, 0.717) is 17.1 Å². The molecule has 0 aliphatic heterocycles. The van der Waals surface area contributed by atoms with Crippen LogP contribution in [-0.4, -0.2) is 44.5 Å². The molecule has 0 spiro atoms. The van der Waals surface area contributed by atoms with Gasteiger partial charge in [-0.25, -0.2) is 9.48 Å². The van der Waals surface area contributed by atoms with Gasteiger partial charge in [-0.2, -0.15) is 0 Å². The zero-order chi connectivity index (χ0) is 21.0. The molecule has 152 valence electrons. The number of urea groups is 1. The first-order valence-electron chi connectivity index (χ1n) is 8.41. The maximum atomic E-state index is 12.4. The van der Waals surface area contributed by atoms with Crippen LogP contribution >= 0.6 is 0 Å². The van der Waals surface area contributed by atoms with E-state index in [2.05, 4.69) is 25.6 Å². The normalized spacial score (nSPS) is 11.2. The minimum Gasteiger partial charge on any atom is -0.406 e. The monoisotopic (exact) mass is 406 g/mol. The molecule has 0 saturated heterocycles. The van der Waals surface area contributed by atoms with Crippen molar-refractivity contribution >= 4 is 11.7 Å². The van der Waals surface area contributed by atoms with Gasteiger partial charge in [0, 0.05) is 31.9 Å². The quantitative estimate of drug-likeness (QED) is 0.702. The Hall–Kier alpha value is -3.63. The van der Waals surface area contributed by atoms with Crippen LogP contribution < -0.4 is 10.1 Å². The van der Waals surface area contributed by atoms with Crippen LogP contribution in [0.3, 0.4) is 0 Å². The highest BCUT2D eigenvalue weighted by atomic mass is 19.4. The summed E-state index contributed by atoms with van der Waals surface area (Å²) in [7, 11) is 3.28. The summed E-state index contributed by atoms with van der Waals surface area (Å²) in [5, 5.41) is 14.0. The highest BCUT2D eigenvalue weighted by Gasteiger charge is 2.30. The van der Waals surface area contributed by atoms with Gasteiger partial charge in [0.25, 0.3) is 0 Å². The van der Waals surface area contributed by atoms with Crippen molar-refractivity contribution < 1.29 is 22.7 Å². The molecule has 0 fully saturated rings. The standard InChI is InChI=1S/C18H17F3N6O2/c1-26(11-12-6-8-15(9-7-12)29-18(19,20)21)17(28)22-14-5-3-4-13(10-14)16-23-24-25-27(16)2/h3-10H,11H2,1-2H3,(H,22,28). The second-order valence-corrected chi connectivity index (χ2v) is 6.18. The van der Waals surface area contributed by atoms with Gasteiger partial charge >= 0.3 is 12.4 Å². The molecule has 1 aromatic heterocycles. The third-order valence-electron chi connectivity index (χ3n) is 3.92. The molecule has 2 aromatic carbocycles. The van der Waals surface area contributed by atoms with Gasteiger partial charge < -0.3 is 15.0 Å². The molecule has 1 N–H and O–H groups in total. The number of carbonyl (C=O) groups is 1. The van der Waals surface area contributed by atoms with Gasteiger partial charge in [0.05, 0.1) is 0 Å². The predicted octanol–water partition coefficient (Wildman–Crippen LogP) is 3.44. The van der Waals surface area contributed by atoms with Gasteiger partial charge in [-0.15, -0.1) is 18.3 Å². The van der Waals surface area contributed by atoms with Crippen molar-refractivity contribution in [2.75, 3.05) is 12.4 Å². The molecule has 11 heteroatoms. The van der Waals surface area contributed by atoms with Crippen LogP contribution in [0.1, 0.15) is 5.56 Å². The largest absolute Gasteiger partial charge is 0.573 e. The minimum atomic E-state index is -4.74. The Kier molecular flexibility index (Phi) is 5.66. The second kappa shape index (κ2) is 8.17. The molecule has 29 heavy (non-hydrogen) atoms. The fourth-order valence-corrected chi connectivity index (χ4v) is 2.57. The number of tetrazole rings is 1. The van der Waals surface area contributed by atoms with Crippen LogP contribution in [0.5, 0.6) is 5.75 Å². The minimum absolute atomic E-state index is 0.199. The lowest BCUT2D eigenvalue weighted by Crippen LogP contribution is -2.30. The maximum Gasteiger partial charge on any atom is 0.573 e. The number of rotatable bonds is 5. The third-order valence-corrected chi connectivity index (χ3v) is 3.92. The molecule has 2 amide bonds. The summed E-state index contributed by atoms with van der Waals surface area (Å²) in [6.07, 6.45) is -4.74. The number of nitrogens with one attached hydrogen (secondary N) is 1. The maximum absolute atomic E-state index is 12.4. The summed E-state index contributed by atoms with van der Waals surface area (Å²) < 4.78 is 42.0. The van der Waals surface area contributed by atoms with Crippen LogP contribution in [0.4, 0.5) is 23.7 Å². The lowest BCUT2D eigenvalue weighted by Gasteiger charge is -2.18. The van der Waals surface area contributed by atoms with Gasteiger partial charge in [0.15, 0.2) is 5.82 Å². The molecule has 0 bridgehead atoms. The zero-order valence-electron chi connectivity index (χ0n) is 15.5. The van der Waals surface area contributed by atoms with Crippen LogP contribution in [0, 0.1) is 0 Å². The topological polar surface area (TPSA) is 85.2 Å². The number of anilines is 1. The van der Waals surface area contributed by atoms with Crippen LogP contribution in [0.2, 0.25) is 0 Å². The Morgan fingerprint density at radius 1 is 1.21 bits per heavy atom. The Labute approximate surface area is 163 Å². The molecule has 0 radical (unpaired) electrons. The number of amides is 2. The average molecular weight is 406 g/mol. The number of benzene rings is 2. The highest BCUT2D eigenvalue weighted by molar-refractivity contribution is 5.89. The van der Waals surface area contributed by atoms with Gasteiger partial charge in [-0.1, -0.05) is 24.3 Å². The molecular weight excluding hydrogens is 389 g/mol. The number of aromatic nitrogens is 4. The molecule has 0 atom stereocenters. The van der Waals surface area contributed by atoms with Gasteiger partial charge in [0.1, 0.15) is 5.75 Å². The van der Waals surface area contributed by atoms with Crippen molar-refractivity contribution in [3.63, 3.8) is 0 Å². The van der Waals surface area contributed by atoms with E-state index in [4.69, 9.17) is 0 Å². The van der Waals surface area contributed by atoms with Crippen molar-refractivity contribution in [3.05, 3.63) is 54.1 Å². The molecular formula is C18H17F3N6O2. The molecule has 3 rings (SSSR count). The lowest BCUT2D eigenvalue weighted by atomic mass is 10.2. The fourth-order valence-electron chi connectivity index (χ4n) is 2.57. The van der Waals surface area contributed by atoms with E-state index in [-0.39, 0.29) is 18.3 Å². The molecule has 0 saturated carbocycles. The highest BCUT2D eigenvalue weighted by Crippen LogP contribution is 2.23. The summed E-state index contributed by atoms with van der Waals surface area (Å²) in [4.78, 5) is 13.8. The van der Waals surface area contributed by atoms with Crippen molar-refractivity contribution in [2.45, 2.75) is 12.9 Å². The Morgan fingerprint density at radius 2 is 1.93 bits per heavy atom. The molecule has 1 heterocycles. The van der Waals surface area contributed by atoms with Gasteiger partial charge in [0.2, 0.25) is 0 Å². The number of ether oxygens (including phenoxy) is 1. The van der Waals surface area contributed by atoms with Gasteiger partial charge in [-0.3, -0.25) is 0 Å². The van der Waals surface area contributed by atoms with Crippen LogP contribution in [0.15, 0.2) is 48.5 Å². The number of carbonyl (C=O) groups excluding carboxylic acids is 1. The van der Waals surface area contributed by atoms with E-state index < -0.39 is 6.36 Å². The van der Waals surface area contributed by atoms with Gasteiger partial charge in [-0.05, 0) is 40.3 Å². The SMILES string of the molecule is CN(Cc1ccc(OC(F)(F)F)cc1)C(=O)Nc1cccc(-c2nnnn2C)c1. The molecule has 3 aromatic rings. The first kappa shape index (κ1) is 20.1. The summed E-state index contributed by atoms with van der Waals surface area (Å²) in [5.41, 5.74) is 1.94. The Morgan fingerprint density at radius 3 is 2.55 bits per heavy atom. The molecule has 0 aliphatic rings. The summed E-state index contributed by atoms with van der Waals surface area (Å²) in [5.74, 6) is 0.235. The van der Waals surface area contributed by atoms with E-state index in [1.807, 2.05) is 6.07 Å². The third kappa shape index (κ3) is 5.43. The molecule has 0 unspecified atom stereocenters. The number of nitrogens with zero attached hydrogens (tertiary/aromatic N) is 5. The lowest BCUT2D eigenvalue weighted by molar-refractivity contribution is -0.274. The smallest absolute Gasteiger partial charge is 0.406 e. The Bertz CT molecular complexity index is 988. The fraction of sp³-hybridized carbons (Fsp3) is 0.222. The average Bonchev–Trinajstić information content (AvgIpc) is 3.08. The van der Waals surface area contributed by atoms with E-state index >= 15 is 0 Å². The predicted molar refractivity (Wildman–Crippen MR) is 97.8 cm³/mol. The van der Waals surface area contributed by atoms with E-state index in [1.165, 1.54) is 33.8 Å². The first-order valence-corrected chi connectivity index (χ1v) is 8.41. The summed E-state index contributed by atoms with van der Waals surface area (Å²) in [6, 6.07) is 12.0. The van der Waals surface area contributed by atoms with Crippen LogP contribution in [-0.2, 0) is 13.6 Å². The van der Waals surface area contributed by atoms with E-state index in [9.17, 15) is 18.0 Å². The first-order chi connectivity index (χ1) is 13.7.